The first kappa shape index (κ1) is 11.4. The van der Waals surface area contributed by atoms with E-state index in [1.165, 1.54) is 24.9 Å². The minimum atomic E-state index is 0.709. The molecule has 0 spiro atoms. The molecule has 0 aromatic heterocycles. The normalized spacial score (nSPS) is 22.1. The molecule has 0 saturated carbocycles. The van der Waals surface area contributed by atoms with Gasteiger partial charge in [0.2, 0.25) is 0 Å². The average molecular weight is 289 g/mol. The van der Waals surface area contributed by atoms with Crippen LogP contribution >= 0.6 is 27.5 Å². The summed E-state index contributed by atoms with van der Waals surface area (Å²) in [5, 5.41) is 1.90. The van der Waals surface area contributed by atoms with Gasteiger partial charge in [-0.1, -0.05) is 39.7 Å². The van der Waals surface area contributed by atoms with E-state index in [0.29, 0.717) is 6.04 Å². The van der Waals surface area contributed by atoms with E-state index in [2.05, 4.69) is 33.0 Å². The number of alkyl halides is 1. The highest BCUT2D eigenvalue weighted by molar-refractivity contribution is 9.09. The summed E-state index contributed by atoms with van der Waals surface area (Å²) in [5.41, 5.74) is 1.35. The maximum Gasteiger partial charge on any atom is 0.0406 e. The van der Waals surface area contributed by atoms with E-state index in [1.807, 2.05) is 12.1 Å². The van der Waals surface area contributed by atoms with Crippen LogP contribution in [0.25, 0.3) is 0 Å². The molecular formula is C12H15BrClN. The standard InChI is InChI=1S/C12H15BrClN/c13-8-12-2-1-7-15(12)9-10-3-5-11(14)6-4-10/h3-6,12H,1-2,7-9H2. The maximum atomic E-state index is 5.86. The van der Waals surface area contributed by atoms with Gasteiger partial charge in [-0.3, -0.25) is 4.90 Å². The lowest BCUT2D eigenvalue weighted by molar-refractivity contribution is 0.265. The highest BCUT2D eigenvalue weighted by Gasteiger charge is 2.22. The first-order valence-corrected chi connectivity index (χ1v) is 6.84. The van der Waals surface area contributed by atoms with Crippen molar-refractivity contribution < 1.29 is 0 Å². The van der Waals surface area contributed by atoms with Crippen LogP contribution in [0.5, 0.6) is 0 Å². The van der Waals surface area contributed by atoms with Crippen molar-refractivity contribution in [3.8, 4) is 0 Å². The van der Waals surface area contributed by atoms with E-state index in [1.54, 1.807) is 0 Å². The maximum absolute atomic E-state index is 5.86. The minimum absolute atomic E-state index is 0.709. The van der Waals surface area contributed by atoms with Gasteiger partial charge in [0.05, 0.1) is 0 Å². The van der Waals surface area contributed by atoms with Crippen molar-refractivity contribution in [3.63, 3.8) is 0 Å². The van der Waals surface area contributed by atoms with Crippen LogP contribution in [0.15, 0.2) is 24.3 Å². The summed E-state index contributed by atoms with van der Waals surface area (Å²) in [7, 11) is 0. The SMILES string of the molecule is Clc1ccc(CN2CCCC2CBr)cc1. The summed E-state index contributed by atoms with van der Waals surface area (Å²) in [4.78, 5) is 2.54. The molecule has 82 valence electrons. The second kappa shape index (κ2) is 5.33. The van der Waals surface area contributed by atoms with Gasteiger partial charge in [0.1, 0.15) is 0 Å². The van der Waals surface area contributed by atoms with Crippen LogP contribution in [0.2, 0.25) is 5.02 Å². The Bertz CT molecular complexity index is 312. The lowest BCUT2D eigenvalue weighted by Gasteiger charge is -2.22. The molecule has 1 nitrogen and oxygen atoms in total. The van der Waals surface area contributed by atoms with Gasteiger partial charge in [-0.25, -0.2) is 0 Å². The molecule has 1 aromatic carbocycles. The first-order chi connectivity index (χ1) is 7.29. The molecule has 2 rings (SSSR count). The summed E-state index contributed by atoms with van der Waals surface area (Å²) in [6.45, 7) is 2.27. The largest absolute Gasteiger partial charge is 0.295 e. The molecule has 1 aliphatic rings. The Hall–Kier alpha value is -0.0500. The Balaban J connectivity index is 1.99. The van der Waals surface area contributed by atoms with Gasteiger partial charge in [0.25, 0.3) is 0 Å². The molecule has 1 atom stereocenters. The summed E-state index contributed by atoms with van der Waals surface area (Å²) >= 11 is 9.44. The second-order valence-corrected chi connectivity index (χ2v) is 5.13. The van der Waals surface area contributed by atoms with E-state index >= 15 is 0 Å². The Kier molecular flexibility index (Phi) is 4.06. The summed E-state index contributed by atoms with van der Waals surface area (Å²) in [6.07, 6.45) is 2.64. The molecule has 3 heteroatoms. The van der Waals surface area contributed by atoms with Crippen LogP contribution < -0.4 is 0 Å². The topological polar surface area (TPSA) is 3.24 Å². The van der Waals surface area contributed by atoms with E-state index in [-0.39, 0.29) is 0 Å². The van der Waals surface area contributed by atoms with Crippen LogP contribution in [0.1, 0.15) is 18.4 Å². The Labute approximate surface area is 105 Å². The quantitative estimate of drug-likeness (QED) is 0.767. The van der Waals surface area contributed by atoms with Crippen molar-refractivity contribution in [2.75, 3.05) is 11.9 Å². The van der Waals surface area contributed by atoms with Crippen molar-refractivity contribution in [2.45, 2.75) is 25.4 Å². The Morgan fingerprint density at radius 2 is 2.07 bits per heavy atom. The van der Waals surface area contributed by atoms with Gasteiger partial charge < -0.3 is 0 Å². The number of hydrogen-bond donors (Lipinski definition) is 0. The molecule has 0 N–H and O–H groups in total. The molecule has 0 aliphatic carbocycles. The van der Waals surface area contributed by atoms with E-state index in [0.717, 1.165) is 16.9 Å². The fourth-order valence-corrected chi connectivity index (χ4v) is 2.96. The fourth-order valence-electron chi connectivity index (χ4n) is 2.10. The first-order valence-electron chi connectivity index (χ1n) is 5.34. The second-order valence-electron chi connectivity index (χ2n) is 4.05. The summed E-state index contributed by atoms with van der Waals surface area (Å²) in [5.74, 6) is 0. The van der Waals surface area contributed by atoms with Crippen LogP contribution in [0, 0.1) is 0 Å². The molecule has 0 radical (unpaired) electrons. The van der Waals surface area contributed by atoms with Crippen molar-refractivity contribution in [3.05, 3.63) is 34.9 Å². The summed E-state index contributed by atoms with van der Waals surface area (Å²) < 4.78 is 0. The number of nitrogens with zero attached hydrogens (tertiary/aromatic N) is 1. The van der Waals surface area contributed by atoms with Crippen LogP contribution in [-0.4, -0.2) is 22.8 Å². The lowest BCUT2D eigenvalue weighted by Crippen LogP contribution is -2.29. The third-order valence-electron chi connectivity index (χ3n) is 2.98. The van der Waals surface area contributed by atoms with Crippen molar-refractivity contribution in [1.29, 1.82) is 0 Å². The van der Waals surface area contributed by atoms with Crippen molar-refractivity contribution >= 4 is 27.5 Å². The number of benzene rings is 1. The lowest BCUT2D eigenvalue weighted by atomic mass is 10.2. The van der Waals surface area contributed by atoms with Crippen LogP contribution in [0.3, 0.4) is 0 Å². The zero-order chi connectivity index (χ0) is 10.7. The van der Waals surface area contributed by atoms with Gasteiger partial charge in [-0.2, -0.15) is 0 Å². The van der Waals surface area contributed by atoms with Gasteiger partial charge in [0, 0.05) is 22.9 Å². The Morgan fingerprint density at radius 1 is 1.33 bits per heavy atom. The smallest absolute Gasteiger partial charge is 0.0406 e. The van der Waals surface area contributed by atoms with Gasteiger partial charge in [0.15, 0.2) is 0 Å². The molecule has 1 aliphatic heterocycles. The molecule has 1 unspecified atom stereocenters. The van der Waals surface area contributed by atoms with Gasteiger partial charge >= 0.3 is 0 Å². The highest BCUT2D eigenvalue weighted by atomic mass is 79.9. The molecule has 15 heavy (non-hydrogen) atoms. The predicted octanol–water partition coefficient (Wildman–Crippen LogP) is 3.70. The number of hydrogen-bond acceptors (Lipinski definition) is 1. The third-order valence-corrected chi connectivity index (χ3v) is 3.98. The number of rotatable bonds is 3. The average Bonchev–Trinajstić information content (AvgIpc) is 2.69. The molecular weight excluding hydrogens is 273 g/mol. The van der Waals surface area contributed by atoms with Crippen LogP contribution in [0.4, 0.5) is 0 Å². The zero-order valence-electron chi connectivity index (χ0n) is 8.63. The molecule has 0 amide bonds. The van der Waals surface area contributed by atoms with Gasteiger partial charge in [-0.15, -0.1) is 0 Å². The molecule has 1 heterocycles. The highest BCUT2D eigenvalue weighted by Crippen LogP contribution is 2.21. The fraction of sp³-hybridized carbons (Fsp3) is 0.500. The van der Waals surface area contributed by atoms with E-state index < -0.39 is 0 Å². The minimum Gasteiger partial charge on any atom is -0.295 e. The van der Waals surface area contributed by atoms with Gasteiger partial charge in [-0.05, 0) is 37.1 Å². The summed E-state index contributed by atoms with van der Waals surface area (Å²) in [6, 6.07) is 8.88. The monoisotopic (exact) mass is 287 g/mol. The molecule has 1 aromatic rings. The van der Waals surface area contributed by atoms with E-state index in [9.17, 15) is 0 Å². The number of likely N-dealkylation sites (tertiary alicyclic amines) is 1. The predicted molar refractivity (Wildman–Crippen MR) is 68.7 cm³/mol. The molecule has 1 fully saturated rings. The van der Waals surface area contributed by atoms with Crippen LogP contribution in [-0.2, 0) is 6.54 Å². The van der Waals surface area contributed by atoms with Crippen molar-refractivity contribution in [1.82, 2.24) is 4.90 Å². The zero-order valence-corrected chi connectivity index (χ0v) is 11.0. The molecule has 0 bridgehead atoms. The third kappa shape index (κ3) is 2.96. The van der Waals surface area contributed by atoms with E-state index in [4.69, 9.17) is 11.6 Å². The van der Waals surface area contributed by atoms with Crippen molar-refractivity contribution in [2.24, 2.45) is 0 Å². The number of halogens is 2. The molecule has 1 saturated heterocycles. The Morgan fingerprint density at radius 3 is 2.73 bits per heavy atom.